The van der Waals surface area contributed by atoms with Crippen LogP contribution in [0.4, 0.5) is 4.39 Å². The number of aliphatic imine (C=N–C) groups is 1. The summed E-state index contributed by atoms with van der Waals surface area (Å²) in [6.45, 7) is 5.21. The summed E-state index contributed by atoms with van der Waals surface area (Å²) in [6.07, 6.45) is 0. The van der Waals surface area contributed by atoms with E-state index in [4.69, 9.17) is 0 Å². The number of benzene rings is 2. The summed E-state index contributed by atoms with van der Waals surface area (Å²) in [5, 5.41) is 0.671. The van der Waals surface area contributed by atoms with Gasteiger partial charge in [0.05, 0.1) is 12.1 Å². The van der Waals surface area contributed by atoms with E-state index in [1.807, 2.05) is 0 Å². The second-order valence-corrected chi connectivity index (χ2v) is 6.76. The van der Waals surface area contributed by atoms with Crippen LogP contribution in [-0.4, -0.2) is 29.1 Å². The lowest BCUT2D eigenvalue weighted by Gasteiger charge is -2.18. The molecule has 1 aliphatic heterocycles. The van der Waals surface area contributed by atoms with Crippen molar-refractivity contribution in [1.29, 1.82) is 0 Å². The Morgan fingerprint density at radius 2 is 2.04 bits per heavy atom. The largest absolute Gasteiger partial charge is 0.285 e. The molecular weight excluding hydrogens is 323 g/mol. The zero-order valence-electron chi connectivity index (χ0n) is 13.8. The Morgan fingerprint density at radius 1 is 1.25 bits per heavy atom. The number of rotatable bonds is 3. The van der Waals surface area contributed by atoms with Crippen LogP contribution in [0.2, 0.25) is 0 Å². The Hall–Kier alpha value is -2.14. The van der Waals surface area contributed by atoms with E-state index in [9.17, 15) is 9.18 Å². The molecule has 2 aromatic carbocycles. The van der Waals surface area contributed by atoms with Crippen LogP contribution in [0.25, 0.3) is 0 Å². The van der Waals surface area contributed by atoms with Crippen LogP contribution < -0.4 is 0 Å². The zero-order valence-corrected chi connectivity index (χ0v) is 14.6. The molecule has 5 heteroatoms. The highest BCUT2D eigenvalue weighted by atomic mass is 32.2. The lowest BCUT2D eigenvalue weighted by molar-refractivity contribution is 0.0856. The third-order valence-electron chi connectivity index (χ3n) is 4.01. The quantitative estimate of drug-likeness (QED) is 0.838. The monoisotopic (exact) mass is 342 g/mol. The first-order valence-electron chi connectivity index (χ1n) is 7.86. The zero-order chi connectivity index (χ0) is 17.1. The van der Waals surface area contributed by atoms with Gasteiger partial charge in [-0.1, -0.05) is 47.7 Å². The number of thioether (sulfide) groups is 1. The molecule has 1 amide bonds. The van der Waals surface area contributed by atoms with Gasteiger partial charge in [0.2, 0.25) is 0 Å². The Morgan fingerprint density at radius 3 is 2.83 bits per heavy atom. The van der Waals surface area contributed by atoms with Gasteiger partial charge in [-0.25, -0.2) is 4.39 Å². The summed E-state index contributed by atoms with van der Waals surface area (Å²) in [6, 6.07) is 12.4. The average Bonchev–Trinajstić information content (AvgIpc) is 3.04. The third-order valence-corrected chi connectivity index (χ3v) is 5.08. The number of halogens is 1. The van der Waals surface area contributed by atoms with Gasteiger partial charge in [0.25, 0.3) is 5.91 Å². The molecule has 1 heterocycles. The molecule has 2 aromatic rings. The second-order valence-electron chi connectivity index (χ2n) is 5.82. The van der Waals surface area contributed by atoms with E-state index < -0.39 is 5.82 Å². The molecule has 0 bridgehead atoms. The Balaban J connectivity index is 1.73. The topological polar surface area (TPSA) is 32.7 Å². The summed E-state index contributed by atoms with van der Waals surface area (Å²) in [7, 11) is 0. The normalized spacial score (nSPS) is 14.0. The van der Waals surface area contributed by atoms with Crippen LogP contribution in [-0.2, 0) is 5.75 Å². The summed E-state index contributed by atoms with van der Waals surface area (Å²) < 4.78 is 13.9. The van der Waals surface area contributed by atoms with Crippen molar-refractivity contribution in [3.8, 4) is 0 Å². The number of aryl methyl sites for hydroxylation is 2. The summed E-state index contributed by atoms with van der Waals surface area (Å²) in [4.78, 5) is 18.6. The van der Waals surface area contributed by atoms with E-state index in [2.05, 4.69) is 37.0 Å². The van der Waals surface area contributed by atoms with Crippen molar-refractivity contribution in [3.05, 3.63) is 70.5 Å². The molecule has 0 fully saturated rings. The number of carbonyl (C=O) groups excluding carboxylic acids is 1. The minimum atomic E-state index is -0.492. The highest BCUT2D eigenvalue weighted by molar-refractivity contribution is 8.13. The number of nitrogens with zero attached hydrogens (tertiary/aromatic N) is 2. The highest BCUT2D eigenvalue weighted by Gasteiger charge is 2.26. The summed E-state index contributed by atoms with van der Waals surface area (Å²) in [5.41, 5.74) is 3.76. The molecule has 0 saturated heterocycles. The molecule has 0 unspecified atom stereocenters. The van der Waals surface area contributed by atoms with E-state index in [1.165, 1.54) is 40.6 Å². The minimum absolute atomic E-state index is 0.0967. The molecular formula is C19H19FN2OS. The lowest BCUT2D eigenvalue weighted by atomic mass is 10.1. The van der Waals surface area contributed by atoms with Gasteiger partial charge in [0.15, 0.2) is 5.17 Å². The smallest absolute Gasteiger partial charge is 0.262 e. The molecule has 3 nitrogen and oxygen atoms in total. The Kier molecular flexibility index (Phi) is 5.00. The van der Waals surface area contributed by atoms with Crippen molar-refractivity contribution in [2.24, 2.45) is 4.99 Å². The number of carbonyl (C=O) groups is 1. The second kappa shape index (κ2) is 7.18. The first kappa shape index (κ1) is 16.7. The van der Waals surface area contributed by atoms with Crippen LogP contribution in [0.1, 0.15) is 27.0 Å². The van der Waals surface area contributed by atoms with Gasteiger partial charge in [-0.3, -0.25) is 14.7 Å². The van der Waals surface area contributed by atoms with Gasteiger partial charge < -0.3 is 0 Å². The van der Waals surface area contributed by atoms with Crippen molar-refractivity contribution in [2.45, 2.75) is 19.6 Å². The number of hydrogen-bond donors (Lipinski definition) is 0. The van der Waals surface area contributed by atoms with Gasteiger partial charge in [-0.15, -0.1) is 0 Å². The molecule has 0 aromatic heterocycles. The van der Waals surface area contributed by atoms with E-state index in [-0.39, 0.29) is 11.5 Å². The van der Waals surface area contributed by atoms with Gasteiger partial charge in [0.1, 0.15) is 5.82 Å². The van der Waals surface area contributed by atoms with Crippen LogP contribution in [0, 0.1) is 19.7 Å². The minimum Gasteiger partial charge on any atom is -0.285 e. The molecule has 0 spiro atoms. The average molecular weight is 342 g/mol. The molecule has 0 radical (unpaired) electrons. The maximum atomic E-state index is 13.9. The van der Waals surface area contributed by atoms with E-state index in [0.29, 0.717) is 18.3 Å². The standard InChI is InChI=1S/C19H19FN2OS/c1-13-7-8-14(2)15(11-13)12-24-19-21-9-10-22(19)18(23)16-5-3-4-6-17(16)20/h3-8,11H,9-10,12H2,1-2H3. The fourth-order valence-electron chi connectivity index (χ4n) is 2.62. The van der Waals surface area contributed by atoms with E-state index >= 15 is 0 Å². The molecule has 0 N–H and O–H groups in total. The fourth-order valence-corrected chi connectivity index (χ4v) is 3.72. The fraction of sp³-hybridized carbons (Fsp3) is 0.263. The van der Waals surface area contributed by atoms with Crippen LogP contribution in [0.15, 0.2) is 47.5 Å². The summed E-state index contributed by atoms with van der Waals surface area (Å²) >= 11 is 1.53. The number of hydrogen-bond acceptors (Lipinski definition) is 3. The molecule has 0 atom stereocenters. The molecule has 3 rings (SSSR count). The maximum absolute atomic E-state index is 13.9. The first-order chi connectivity index (χ1) is 11.6. The van der Waals surface area contributed by atoms with Crippen molar-refractivity contribution in [3.63, 3.8) is 0 Å². The van der Waals surface area contributed by atoms with Gasteiger partial charge >= 0.3 is 0 Å². The van der Waals surface area contributed by atoms with Gasteiger partial charge in [-0.2, -0.15) is 0 Å². The first-order valence-corrected chi connectivity index (χ1v) is 8.84. The van der Waals surface area contributed by atoms with Crippen molar-refractivity contribution in [1.82, 2.24) is 4.90 Å². The summed E-state index contributed by atoms with van der Waals surface area (Å²) in [5.74, 6) is -0.0704. The number of amides is 1. The Bertz CT molecular complexity index is 804. The third kappa shape index (κ3) is 3.51. The van der Waals surface area contributed by atoms with E-state index in [1.54, 1.807) is 17.0 Å². The van der Waals surface area contributed by atoms with Crippen molar-refractivity contribution in [2.75, 3.05) is 13.1 Å². The Labute approximate surface area is 145 Å². The highest BCUT2D eigenvalue weighted by Crippen LogP contribution is 2.24. The van der Waals surface area contributed by atoms with Gasteiger partial charge in [-0.05, 0) is 37.1 Å². The van der Waals surface area contributed by atoms with Gasteiger partial charge in [0, 0.05) is 12.3 Å². The van der Waals surface area contributed by atoms with Crippen molar-refractivity contribution < 1.29 is 9.18 Å². The molecule has 0 saturated carbocycles. The molecule has 0 aliphatic carbocycles. The molecule has 24 heavy (non-hydrogen) atoms. The predicted octanol–water partition coefficient (Wildman–Crippen LogP) is 4.19. The lowest BCUT2D eigenvalue weighted by Crippen LogP contribution is -2.33. The van der Waals surface area contributed by atoms with E-state index in [0.717, 1.165) is 5.75 Å². The molecule has 1 aliphatic rings. The SMILES string of the molecule is Cc1ccc(C)c(CSC2=NCCN2C(=O)c2ccccc2F)c1. The van der Waals surface area contributed by atoms with Crippen LogP contribution in [0.5, 0.6) is 0 Å². The number of amidine groups is 1. The van der Waals surface area contributed by atoms with Crippen molar-refractivity contribution >= 4 is 22.8 Å². The predicted molar refractivity (Wildman–Crippen MR) is 96.9 cm³/mol. The van der Waals surface area contributed by atoms with Crippen LogP contribution >= 0.6 is 11.8 Å². The van der Waals surface area contributed by atoms with Crippen LogP contribution in [0.3, 0.4) is 0 Å². The molecule has 124 valence electrons. The maximum Gasteiger partial charge on any atom is 0.262 e.